The van der Waals surface area contributed by atoms with Crippen molar-refractivity contribution in [2.75, 3.05) is 6.54 Å². The number of carboxylic acid groups (broad SMARTS) is 1. The smallest absolute Gasteiger partial charge is 0.371 e. The number of hydrogen-bond donors (Lipinski definition) is 3. The summed E-state index contributed by atoms with van der Waals surface area (Å²) in [6.45, 7) is 0.0840. The van der Waals surface area contributed by atoms with Crippen molar-refractivity contribution in [2.24, 2.45) is 0 Å². The fraction of sp³-hybridized carbons (Fsp3) is 0.222. The average Bonchev–Trinajstić information content (AvgIpc) is 2.99. The molecule has 9 nitrogen and oxygen atoms in total. The van der Waals surface area contributed by atoms with Crippen LogP contribution in [0, 0.1) is 0 Å². The van der Waals surface area contributed by atoms with Gasteiger partial charge in [0.1, 0.15) is 12.2 Å². The molecule has 2 heterocycles. The molecule has 2 aromatic rings. The van der Waals surface area contributed by atoms with E-state index in [1.165, 1.54) is 6.33 Å². The molecule has 0 amide bonds. The molecule has 0 radical (unpaired) electrons. The summed E-state index contributed by atoms with van der Waals surface area (Å²) in [6.07, 6.45) is 1.64. The number of furan rings is 1. The lowest BCUT2D eigenvalue weighted by Crippen LogP contribution is -2.25. The molecule has 0 aliphatic carbocycles. The quantitative estimate of drug-likeness (QED) is 0.657. The summed E-state index contributed by atoms with van der Waals surface area (Å²) < 4.78 is 30.5. The van der Waals surface area contributed by atoms with Crippen molar-refractivity contribution in [3.8, 4) is 0 Å². The van der Waals surface area contributed by atoms with Crippen LogP contribution in [-0.4, -0.2) is 41.2 Å². The zero-order valence-electron chi connectivity index (χ0n) is 9.53. The van der Waals surface area contributed by atoms with Crippen LogP contribution in [0.4, 0.5) is 0 Å². The molecule has 0 saturated heterocycles. The Kier molecular flexibility index (Phi) is 3.62. The second-order valence-electron chi connectivity index (χ2n) is 3.50. The topological polar surface area (TPSA) is 138 Å². The molecule has 2 aromatic heterocycles. The summed E-state index contributed by atoms with van der Waals surface area (Å²) in [7, 11) is -3.87. The molecule has 0 fully saturated rings. The van der Waals surface area contributed by atoms with Gasteiger partial charge in [-0.15, -0.1) is 0 Å². The van der Waals surface area contributed by atoms with Crippen LogP contribution in [0.3, 0.4) is 0 Å². The number of carboxylic acids is 1. The molecule has 3 N–H and O–H groups in total. The maximum atomic E-state index is 11.8. The highest BCUT2D eigenvalue weighted by Gasteiger charge is 2.20. The highest BCUT2D eigenvalue weighted by atomic mass is 32.2. The van der Waals surface area contributed by atoms with Crippen molar-refractivity contribution >= 4 is 16.0 Å². The second-order valence-corrected chi connectivity index (χ2v) is 5.20. The van der Waals surface area contributed by atoms with Gasteiger partial charge in [-0.25, -0.2) is 22.9 Å². The van der Waals surface area contributed by atoms with Crippen LogP contribution in [-0.2, 0) is 16.4 Å². The SMILES string of the molecule is O=C(O)c1ccc(S(=O)(=O)NCCc2ncn[nH]2)o1. The summed E-state index contributed by atoms with van der Waals surface area (Å²) in [6, 6.07) is 2.16. The van der Waals surface area contributed by atoms with Crippen LogP contribution in [0.2, 0.25) is 0 Å². The van der Waals surface area contributed by atoms with Gasteiger partial charge in [0.15, 0.2) is 0 Å². The predicted octanol–water partition coefficient (Wildman–Crippen LogP) is -0.383. The van der Waals surface area contributed by atoms with Gasteiger partial charge in [-0.3, -0.25) is 5.10 Å². The molecule has 0 unspecified atom stereocenters. The van der Waals surface area contributed by atoms with Gasteiger partial charge < -0.3 is 9.52 Å². The molecule has 0 aliphatic heterocycles. The van der Waals surface area contributed by atoms with Crippen LogP contribution in [0.5, 0.6) is 0 Å². The van der Waals surface area contributed by atoms with Gasteiger partial charge in [-0.1, -0.05) is 0 Å². The average molecular weight is 286 g/mol. The van der Waals surface area contributed by atoms with Crippen LogP contribution < -0.4 is 4.72 Å². The summed E-state index contributed by atoms with van der Waals surface area (Å²) in [4.78, 5) is 14.4. The minimum atomic E-state index is -3.87. The molecular formula is C9H10N4O5S. The molecule has 102 valence electrons. The minimum absolute atomic E-state index is 0.0840. The number of aromatic nitrogens is 3. The standard InChI is InChI=1S/C9H10N4O5S/c14-9(15)6-1-2-8(18-6)19(16,17)12-4-3-7-10-5-11-13-7/h1-2,5,12H,3-4H2,(H,14,15)(H,10,11,13). The van der Waals surface area contributed by atoms with E-state index in [-0.39, 0.29) is 6.54 Å². The Morgan fingerprint density at radius 1 is 1.47 bits per heavy atom. The number of H-pyrrole nitrogens is 1. The van der Waals surface area contributed by atoms with Crippen LogP contribution in [0.1, 0.15) is 16.4 Å². The Hall–Kier alpha value is -2.20. The molecule has 10 heteroatoms. The minimum Gasteiger partial charge on any atom is -0.475 e. The van der Waals surface area contributed by atoms with Crippen molar-refractivity contribution in [1.82, 2.24) is 19.9 Å². The molecule has 0 aromatic carbocycles. The van der Waals surface area contributed by atoms with Crippen LogP contribution in [0.15, 0.2) is 28.0 Å². The number of aromatic carboxylic acids is 1. The third-order valence-electron chi connectivity index (χ3n) is 2.18. The molecular weight excluding hydrogens is 276 g/mol. The number of aromatic amines is 1. The molecule has 0 bridgehead atoms. The van der Waals surface area contributed by atoms with Gasteiger partial charge in [-0.2, -0.15) is 5.10 Å². The first kappa shape index (κ1) is 13.2. The number of nitrogens with one attached hydrogen (secondary N) is 2. The van der Waals surface area contributed by atoms with E-state index in [1.807, 2.05) is 0 Å². The van der Waals surface area contributed by atoms with Crippen molar-refractivity contribution in [1.29, 1.82) is 0 Å². The van der Waals surface area contributed by atoms with Crippen LogP contribution >= 0.6 is 0 Å². The van der Waals surface area contributed by atoms with E-state index in [9.17, 15) is 13.2 Å². The third-order valence-corrected chi connectivity index (χ3v) is 3.51. The van der Waals surface area contributed by atoms with Gasteiger partial charge in [0.2, 0.25) is 10.9 Å². The van der Waals surface area contributed by atoms with E-state index < -0.39 is 26.8 Å². The van der Waals surface area contributed by atoms with E-state index in [4.69, 9.17) is 9.52 Å². The van der Waals surface area contributed by atoms with E-state index in [2.05, 4.69) is 19.9 Å². The number of hydrogen-bond acceptors (Lipinski definition) is 6. The third kappa shape index (κ3) is 3.17. The number of rotatable bonds is 6. The Morgan fingerprint density at radius 2 is 2.26 bits per heavy atom. The molecule has 0 aliphatic rings. The highest BCUT2D eigenvalue weighted by molar-refractivity contribution is 7.89. The van der Waals surface area contributed by atoms with Crippen molar-refractivity contribution in [3.05, 3.63) is 30.0 Å². The predicted molar refractivity (Wildman–Crippen MR) is 60.9 cm³/mol. The molecule has 19 heavy (non-hydrogen) atoms. The Labute approximate surface area is 107 Å². The first-order chi connectivity index (χ1) is 8.99. The number of sulfonamides is 1. The Balaban J connectivity index is 1.99. The number of nitrogens with zero attached hydrogens (tertiary/aromatic N) is 2. The first-order valence-corrected chi connectivity index (χ1v) is 6.64. The molecule has 2 rings (SSSR count). The largest absolute Gasteiger partial charge is 0.475 e. The summed E-state index contributed by atoms with van der Waals surface area (Å²) >= 11 is 0. The lowest BCUT2D eigenvalue weighted by molar-refractivity contribution is 0.0656. The lowest BCUT2D eigenvalue weighted by Gasteiger charge is -2.02. The number of carbonyl (C=O) groups is 1. The van der Waals surface area contributed by atoms with Gasteiger partial charge in [0, 0.05) is 13.0 Å². The van der Waals surface area contributed by atoms with Crippen molar-refractivity contribution < 1.29 is 22.7 Å². The zero-order chi connectivity index (χ0) is 13.9. The first-order valence-electron chi connectivity index (χ1n) is 5.16. The second kappa shape index (κ2) is 5.20. The lowest BCUT2D eigenvalue weighted by atomic mass is 10.4. The normalized spacial score (nSPS) is 11.6. The van der Waals surface area contributed by atoms with Gasteiger partial charge >= 0.3 is 5.97 Å². The maximum absolute atomic E-state index is 11.8. The molecule has 0 saturated carbocycles. The Morgan fingerprint density at radius 3 is 2.84 bits per heavy atom. The molecule has 0 atom stereocenters. The Bertz CT molecular complexity index is 661. The van der Waals surface area contributed by atoms with E-state index in [0.29, 0.717) is 12.2 Å². The summed E-state index contributed by atoms with van der Waals surface area (Å²) in [5.41, 5.74) is 0. The fourth-order valence-electron chi connectivity index (χ4n) is 1.31. The summed E-state index contributed by atoms with van der Waals surface area (Å²) in [5.74, 6) is -1.23. The fourth-order valence-corrected chi connectivity index (χ4v) is 2.27. The monoisotopic (exact) mass is 286 g/mol. The van der Waals surface area contributed by atoms with Gasteiger partial charge in [0.05, 0.1) is 0 Å². The van der Waals surface area contributed by atoms with Gasteiger partial charge in [0.25, 0.3) is 10.0 Å². The van der Waals surface area contributed by atoms with Gasteiger partial charge in [-0.05, 0) is 12.1 Å². The van der Waals surface area contributed by atoms with Crippen molar-refractivity contribution in [2.45, 2.75) is 11.5 Å². The van der Waals surface area contributed by atoms with E-state index in [0.717, 1.165) is 12.1 Å². The van der Waals surface area contributed by atoms with E-state index >= 15 is 0 Å². The summed E-state index contributed by atoms with van der Waals surface area (Å²) in [5, 5.41) is 14.4. The zero-order valence-corrected chi connectivity index (χ0v) is 10.3. The van der Waals surface area contributed by atoms with E-state index in [1.54, 1.807) is 0 Å². The molecule has 0 spiro atoms. The highest BCUT2D eigenvalue weighted by Crippen LogP contribution is 2.13. The van der Waals surface area contributed by atoms with Crippen LogP contribution in [0.25, 0.3) is 0 Å². The van der Waals surface area contributed by atoms with Crippen molar-refractivity contribution in [3.63, 3.8) is 0 Å². The maximum Gasteiger partial charge on any atom is 0.371 e.